The van der Waals surface area contributed by atoms with Crippen LogP contribution in [0.5, 0.6) is 0 Å². The number of aromatic nitrogens is 2. The van der Waals surface area contributed by atoms with Gasteiger partial charge in [0.2, 0.25) is 10.0 Å². The highest BCUT2D eigenvalue weighted by Crippen LogP contribution is 2.34. The first-order valence-corrected chi connectivity index (χ1v) is 10.7. The second-order valence-electron chi connectivity index (χ2n) is 6.25. The smallest absolute Gasteiger partial charge is 0.256 e. The number of halogens is 2. The summed E-state index contributed by atoms with van der Waals surface area (Å²) in [6.45, 7) is 0.0545. The van der Waals surface area contributed by atoms with E-state index < -0.39 is 15.9 Å². The van der Waals surface area contributed by atoms with Crippen molar-refractivity contribution in [3.05, 3.63) is 52.5 Å². The number of carbonyl (C=O) groups excluding carboxylic acids is 1. The molecule has 0 atom stereocenters. The van der Waals surface area contributed by atoms with Crippen LogP contribution in [-0.2, 0) is 21.4 Å². The molecule has 1 amide bonds. The predicted molar refractivity (Wildman–Crippen MR) is 105 cm³/mol. The van der Waals surface area contributed by atoms with Crippen molar-refractivity contribution in [3.63, 3.8) is 0 Å². The molecule has 1 saturated heterocycles. The summed E-state index contributed by atoms with van der Waals surface area (Å²) < 4.78 is 26.8. The standard InChI is InChI=1S/C18H15Cl2N3O3S/c19-13-6-3-5-12(17(13)20)18-21-14-7-1-2-8-15(14)22(18)11-16(24)23-9-4-10-27(23,25)26/h1-3,5-8H,4,9-11H2. The molecule has 4 rings (SSSR count). The number of benzene rings is 2. The highest BCUT2D eigenvalue weighted by Gasteiger charge is 2.33. The van der Waals surface area contributed by atoms with Gasteiger partial charge in [-0.25, -0.2) is 17.7 Å². The maximum Gasteiger partial charge on any atom is 0.256 e. The Morgan fingerprint density at radius 2 is 1.89 bits per heavy atom. The Bertz CT molecular complexity index is 1160. The summed E-state index contributed by atoms with van der Waals surface area (Å²) in [6, 6.07) is 12.5. The predicted octanol–water partition coefficient (Wildman–Crippen LogP) is 3.57. The molecular formula is C18H15Cl2N3O3S. The van der Waals surface area contributed by atoms with Crippen LogP contribution in [0.15, 0.2) is 42.5 Å². The van der Waals surface area contributed by atoms with Crippen molar-refractivity contribution in [1.82, 2.24) is 13.9 Å². The lowest BCUT2D eigenvalue weighted by Crippen LogP contribution is -2.35. The van der Waals surface area contributed by atoms with Crippen LogP contribution >= 0.6 is 23.2 Å². The van der Waals surface area contributed by atoms with E-state index in [1.54, 1.807) is 22.8 Å². The van der Waals surface area contributed by atoms with Gasteiger partial charge in [0.1, 0.15) is 12.4 Å². The molecule has 1 aliphatic rings. The third-order valence-electron chi connectivity index (χ3n) is 4.52. The summed E-state index contributed by atoms with van der Waals surface area (Å²) >= 11 is 12.5. The number of hydrogen-bond donors (Lipinski definition) is 0. The molecule has 0 unspecified atom stereocenters. The lowest BCUT2D eigenvalue weighted by Gasteiger charge is -2.17. The van der Waals surface area contributed by atoms with E-state index in [9.17, 15) is 13.2 Å². The number of sulfonamides is 1. The lowest BCUT2D eigenvalue weighted by atomic mass is 10.2. The van der Waals surface area contributed by atoms with Crippen LogP contribution < -0.4 is 0 Å². The second kappa shape index (κ2) is 6.82. The Morgan fingerprint density at radius 1 is 1.11 bits per heavy atom. The summed E-state index contributed by atoms with van der Waals surface area (Å²) in [5.41, 5.74) is 1.98. The lowest BCUT2D eigenvalue weighted by molar-refractivity contribution is -0.126. The van der Waals surface area contributed by atoms with Crippen LogP contribution in [0.1, 0.15) is 6.42 Å². The van der Waals surface area contributed by atoms with E-state index in [-0.39, 0.29) is 18.8 Å². The molecule has 0 aliphatic carbocycles. The van der Waals surface area contributed by atoms with Gasteiger partial charge in [-0.3, -0.25) is 4.79 Å². The third-order valence-corrected chi connectivity index (χ3v) is 7.20. The highest BCUT2D eigenvalue weighted by atomic mass is 35.5. The minimum absolute atomic E-state index is 0.00358. The minimum Gasteiger partial charge on any atom is -0.314 e. The Hall–Kier alpha value is -2.09. The van der Waals surface area contributed by atoms with E-state index in [1.807, 2.05) is 24.3 Å². The first kappa shape index (κ1) is 18.3. The zero-order chi connectivity index (χ0) is 19.2. The van der Waals surface area contributed by atoms with Crippen molar-refractivity contribution in [2.24, 2.45) is 0 Å². The first-order valence-electron chi connectivity index (χ1n) is 8.31. The summed E-state index contributed by atoms with van der Waals surface area (Å²) in [4.78, 5) is 17.3. The quantitative estimate of drug-likeness (QED) is 0.645. The van der Waals surface area contributed by atoms with Gasteiger partial charge in [0.05, 0.1) is 26.8 Å². The topological polar surface area (TPSA) is 72.3 Å². The summed E-state index contributed by atoms with van der Waals surface area (Å²) in [6.07, 6.45) is 0.450. The molecule has 0 N–H and O–H groups in total. The summed E-state index contributed by atoms with van der Waals surface area (Å²) in [5.74, 6) is -0.0279. The average Bonchev–Trinajstić information content (AvgIpc) is 3.17. The molecule has 1 aromatic heterocycles. The van der Waals surface area contributed by atoms with E-state index in [1.165, 1.54) is 0 Å². The van der Waals surface area contributed by atoms with E-state index in [0.717, 1.165) is 4.31 Å². The molecule has 0 radical (unpaired) electrons. The number of imidazole rings is 1. The molecule has 0 saturated carbocycles. The zero-order valence-electron chi connectivity index (χ0n) is 14.1. The Morgan fingerprint density at radius 3 is 2.63 bits per heavy atom. The minimum atomic E-state index is -3.53. The monoisotopic (exact) mass is 423 g/mol. The summed E-state index contributed by atoms with van der Waals surface area (Å²) in [5, 5.41) is 0.707. The third kappa shape index (κ3) is 3.20. The van der Waals surface area contributed by atoms with Gasteiger partial charge in [0, 0.05) is 12.1 Å². The van der Waals surface area contributed by atoms with E-state index >= 15 is 0 Å². The molecular weight excluding hydrogens is 409 g/mol. The van der Waals surface area contributed by atoms with Gasteiger partial charge in [0.25, 0.3) is 5.91 Å². The molecule has 1 aliphatic heterocycles. The second-order valence-corrected chi connectivity index (χ2v) is 9.05. The van der Waals surface area contributed by atoms with Gasteiger partial charge in [0.15, 0.2) is 0 Å². The summed E-state index contributed by atoms with van der Waals surface area (Å²) in [7, 11) is -3.53. The normalized spacial score (nSPS) is 16.1. The fraction of sp³-hybridized carbons (Fsp3) is 0.222. The maximum atomic E-state index is 12.7. The molecule has 1 fully saturated rings. The molecule has 6 nitrogen and oxygen atoms in total. The van der Waals surface area contributed by atoms with Crippen molar-refractivity contribution in [3.8, 4) is 11.4 Å². The Balaban J connectivity index is 1.84. The van der Waals surface area contributed by atoms with Gasteiger partial charge >= 0.3 is 0 Å². The van der Waals surface area contributed by atoms with Crippen molar-refractivity contribution in [1.29, 1.82) is 0 Å². The number of hydrogen-bond acceptors (Lipinski definition) is 4. The number of rotatable bonds is 3. The van der Waals surface area contributed by atoms with E-state index in [2.05, 4.69) is 4.98 Å². The number of para-hydroxylation sites is 2. The number of fused-ring (bicyclic) bond motifs is 1. The molecule has 2 heterocycles. The molecule has 0 spiro atoms. The van der Waals surface area contributed by atoms with Gasteiger partial charge in [-0.15, -0.1) is 0 Å². The van der Waals surface area contributed by atoms with Crippen molar-refractivity contribution < 1.29 is 13.2 Å². The fourth-order valence-corrected chi connectivity index (χ4v) is 5.13. The maximum absolute atomic E-state index is 12.7. The Labute approximate surface area is 166 Å². The SMILES string of the molecule is O=C(Cn1c(-c2cccc(Cl)c2Cl)nc2ccccc21)N1CCCS1(=O)=O. The van der Waals surface area contributed by atoms with Gasteiger partial charge < -0.3 is 4.57 Å². The molecule has 140 valence electrons. The van der Waals surface area contributed by atoms with Crippen molar-refractivity contribution in [2.75, 3.05) is 12.3 Å². The largest absolute Gasteiger partial charge is 0.314 e. The van der Waals surface area contributed by atoms with Crippen LogP contribution in [0.25, 0.3) is 22.4 Å². The van der Waals surface area contributed by atoms with Gasteiger partial charge in [-0.05, 0) is 30.7 Å². The van der Waals surface area contributed by atoms with Crippen LogP contribution in [-0.4, -0.2) is 40.5 Å². The number of carbonyl (C=O) groups is 1. The van der Waals surface area contributed by atoms with Crippen LogP contribution in [0, 0.1) is 0 Å². The molecule has 9 heteroatoms. The van der Waals surface area contributed by atoms with Crippen LogP contribution in [0.4, 0.5) is 0 Å². The Kier molecular flexibility index (Phi) is 4.61. The van der Waals surface area contributed by atoms with Crippen LogP contribution in [0.2, 0.25) is 10.0 Å². The zero-order valence-corrected chi connectivity index (χ0v) is 16.4. The van der Waals surface area contributed by atoms with E-state index in [0.29, 0.717) is 38.9 Å². The fourth-order valence-electron chi connectivity index (χ4n) is 3.25. The molecule has 0 bridgehead atoms. The van der Waals surface area contributed by atoms with Gasteiger partial charge in [-0.2, -0.15) is 0 Å². The van der Waals surface area contributed by atoms with Crippen LogP contribution in [0.3, 0.4) is 0 Å². The van der Waals surface area contributed by atoms with E-state index in [4.69, 9.17) is 23.2 Å². The number of amides is 1. The first-order chi connectivity index (χ1) is 12.9. The number of nitrogens with zero attached hydrogens (tertiary/aromatic N) is 3. The molecule has 3 aromatic rings. The average molecular weight is 424 g/mol. The van der Waals surface area contributed by atoms with Gasteiger partial charge in [-0.1, -0.05) is 41.4 Å². The van der Waals surface area contributed by atoms with Crippen molar-refractivity contribution in [2.45, 2.75) is 13.0 Å². The molecule has 2 aromatic carbocycles. The van der Waals surface area contributed by atoms with Crippen molar-refractivity contribution >= 4 is 50.2 Å². The highest BCUT2D eigenvalue weighted by molar-refractivity contribution is 7.89. The molecule has 27 heavy (non-hydrogen) atoms.